The summed E-state index contributed by atoms with van der Waals surface area (Å²) in [7, 11) is 0. The summed E-state index contributed by atoms with van der Waals surface area (Å²) in [6.45, 7) is 6.89. The van der Waals surface area contributed by atoms with E-state index in [1.165, 1.54) is 50.3 Å². The van der Waals surface area contributed by atoms with Gasteiger partial charge in [0.25, 0.3) is 0 Å². The van der Waals surface area contributed by atoms with Crippen molar-refractivity contribution in [3.05, 3.63) is 83.4 Å². The number of aromatic carboxylic acids is 1. The van der Waals surface area contributed by atoms with Gasteiger partial charge in [0.2, 0.25) is 0 Å². The zero-order valence-electron chi connectivity index (χ0n) is 26.3. The molecule has 3 rings (SSSR count). The van der Waals surface area contributed by atoms with Crippen LogP contribution in [0.15, 0.2) is 66.7 Å². The van der Waals surface area contributed by atoms with Crippen LogP contribution in [0.4, 0.5) is 0 Å². The fourth-order valence-corrected chi connectivity index (χ4v) is 4.90. The van der Waals surface area contributed by atoms with Crippen molar-refractivity contribution in [2.45, 2.75) is 97.5 Å². The second kappa shape index (κ2) is 18.5. The van der Waals surface area contributed by atoms with E-state index >= 15 is 0 Å². The Balaban J connectivity index is 1.57. The lowest BCUT2D eigenvalue weighted by atomic mass is 9.97. The predicted octanol–water partition coefficient (Wildman–Crippen LogP) is 9.53. The minimum absolute atomic E-state index is 0.0119. The molecule has 0 fully saturated rings. The Morgan fingerprint density at radius 3 is 1.93 bits per heavy atom. The summed E-state index contributed by atoms with van der Waals surface area (Å²) >= 11 is 0. The molecule has 236 valence electrons. The molecule has 0 spiro atoms. The van der Waals surface area contributed by atoms with Crippen molar-refractivity contribution in [3.63, 3.8) is 0 Å². The standard InChI is InChI=1S/C37H46O7/c1-4-6-8-10-11-13-25-42-31-20-15-28(16-21-31)33-24-19-30(26-34(33)35(38)39)37(41)44-32-22-17-29(18-23-32)36(40)43-27(3)14-12-9-7-5-2/h15-24,26-27H,4-14,25H2,1-3H3,(H,38,39). The zero-order chi connectivity index (χ0) is 31.7. The van der Waals surface area contributed by atoms with Crippen molar-refractivity contribution in [3.8, 4) is 22.6 Å². The average molecular weight is 603 g/mol. The molecule has 1 N–H and O–H groups in total. The molecule has 7 nitrogen and oxygen atoms in total. The summed E-state index contributed by atoms with van der Waals surface area (Å²) in [6.07, 6.45) is 12.2. The summed E-state index contributed by atoms with van der Waals surface area (Å²) < 4.78 is 16.8. The van der Waals surface area contributed by atoms with Gasteiger partial charge in [-0.15, -0.1) is 0 Å². The van der Waals surface area contributed by atoms with Gasteiger partial charge >= 0.3 is 17.9 Å². The number of hydrogen-bond donors (Lipinski definition) is 1. The average Bonchev–Trinajstić information content (AvgIpc) is 3.03. The largest absolute Gasteiger partial charge is 0.494 e. The Hall–Kier alpha value is -4.13. The highest BCUT2D eigenvalue weighted by Crippen LogP contribution is 2.28. The number of esters is 2. The van der Waals surface area contributed by atoms with E-state index in [0.717, 1.165) is 44.3 Å². The third-order valence-electron chi connectivity index (χ3n) is 7.49. The molecule has 7 heteroatoms. The Morgan fingerprint density at radius 2 is 1.27 bits per heavy atom. The minimum Gasteiger partial charge on any atom is -0.494 e. The number of unbranched alkanes of at least 4 members (excludes halogenated alkanes) is 8. The molecule has 3 aromatic rings. The van der Waals surface area contributed by atoms with Crippen LogP contribution in [-0.4, -0.2) is 35.7 Å². The Kier molecular flexibility index (Phi) is 14.5. The van der Waals surface area contributed by atoms with E-state index in [9.17, 15) is 19.5 Å². The predicted molar refractivity (Wildman–Crippen MR) is 173 cm³/mol. The van der Waals surface area contributed by atoms with Crippen LogP contribution in [0.1, 0.15) is 122 Å². The molecule has 1 unspecified atom stereocenters. The lowest BCUT2D eigenvalue weighted by molar-refractivity contribution is 0.0319. The van der Waals surface area contributed by atoms with Crippen LogP contribution in [-0.2, 0) is 4.74 Å². The normalized spacial score (nSPS) is 11.5. The van der Waals surface area contributed by atoms with Crippen molar-refractivity contribution >= 4 is 17.9 Å². The minimum atomic E-state index is -1.15. The molecule has 44 heavy (non-hydrogen) atoms. The van der Waals surface area contributed by atoms with Gasteiger partial charge < -0.3 is 19.3 Å². The number of ether oxygens (including phenoxy) is 3. The number of carboxylic acids is 1. The van der Waals surface area contributed by atoms with Gasteiger partial charge in [-0.1, -0.05) is 83.4 Å². The van der Waals surface area contributed by atoms with Gasteiger partial charge in [0.15, 0.2) is 0 Å². The summed E-state index contributed by atoms with van der Waals surface area (Å²) in [5, 5.41) is 9.89. The van der Waals surface area contributed by atoms with Gasteiger partial charge in [0.1, 0.15) is 11.5 Å². The van der Waals surface area contributed by atoms with Gasteiger partial charge in [-0.2, -0.15) is 0 Å². The molecule has 0 aliphatic carbocycles. The molecule has 3 aromatic carbocycles. The Bertz CT molecular complexity index is 1330. The first-order valence-electron chi connectivity index (χ1n) is 16.0. The van der Waals surface area contributed by atoms with E-state index in [2.05, 4.69) is 13.8 Å². The number of rotatable bonds is 19. The van der Waals surface area contributed by atoms with Gasteiger partial charge in [-0.05, 0) is 85.8 Å². The summed E-state index contributed by atoms with van der Waals surface area (Å²) in [5.41, 5.74) is 1.64. The van der Waals surface area contributed by atoms with Crippen molar-refractivity contribution < 1.29 is 33.7 Å². The molecule has 0 saturated heterocycles. The number of hydrogen-bond acceptors (Lipinski definition) is 6. The zero-order valence-corrected chi connectivity index (χ0v) is 26.3. The van der Waals surface area contributed by atoms with E-state index in [4.69, 9.17) is 14.2 Å². The smallest absolute Gasteiger partial charge is 0.343 e. The maximum atomic E-state index is 12.9. The van der Waals surface area contributed by atoms with Crippen LogP contribution >= 0.6 is 0 Å². The SMILES string of the molecule is CCCCCCCCOc1ccc(-c2ccc(C(=O)Oc3ccc(C(=O)OC(C)CCCCCC)cc3)cc2C(=O)O)cc1. The van der Waals surface area contributed by atoms with E-state index < -0.39 is 17.9 Å². The fraction of sp³-hybridized carbons (Fsp3) is 0.432. The van der Waals surface area contributed by atoms with Crippen molar-refractivity contribution in [2.75, 3.05) is 6.61 Å². The fourth-order valence-electron chi connectivity index (χ4n) is 4.90. The molecule has 0 saturated carbocycles. The molecule has 0 heterocycles. The van der Waals surface area contributed by atoms with E-state index in [1.54, 1.807) is 24.3 Å². The highest BCUT2D eigenvalue weighted by molar-refractivity contribution is 6.00. The highest BCUT2D eigenvalue weighted by atomic mass is 16.5. The molecule has 0 amide bonds. The molecule has 0 aromatic heterocycles. The molecule has 0 radical (unpaired) electrons. The van der Waals surface area contributed by atoms with Crippen LogP contribution in [0, 0.1) is 0 Å². The molecule has 0 bridgehead atoms. The first-order chi connectivity index (χ1) is 21.3. The van der Waals surface area contributed by atoms with Gasteiger partial charge in [0, 0.05) is 0 Å². The number of carboxylic acid groups (broad SMARTS) is 1. The summed E-state index contributed by atoms with van der Waals surface area (Å²) in [4.78, 5) is 37.5. The second-order valence-corrected chi connectivity index (χ2v) is 11.2. The third-order valence-corrected chi connectivity index (χ3v) is 7.49. The molecular weight excluding hydrogens is 556 g/mol. The summed E-state index contributed by atoms with van der Waals surface area (Å²) in [5.74, 6) is -1.31. The summed E-state index contributed by atoms with van der Waals surface area (Å²) in [6, 6.07) is 17.9. The van der Waals surface area contributed by atoms with E-state index in [1.807, 2.05) is 31.2 Å². The van der Waals surface area contributed by atoms with Crippen LogP contribution in [0.2, 0.25) is 0 Å². The molecule has 0 aliphatic rings. The maximum Gasteiger partial charge on any atom is 0.343 e. The number of benzene rings is 3. The number of carbonyl (C=O) groups is 3. The van der Waals surface area contributed by atoms with Crippen LogP contribution < -0.4 is 9.47 Å². The third kappa shape index (κ3) is 11.2. The van der Waals surface area contributed by atoms with Crippen molar-refractivity contribution in [1.82, 2.24) is 0 Å². The first kappa shape index (κ1) is 34.4. The lowest BCUT2D eigenvalue weighted by Crippen LogP contribution is -2.15. The molecule has 1 atom stereocenters. The second-order valence-electron chi connectivity index (χ2n) is 11.2. The molecular formula is C37H46O7. The van der Waals surface area contributed by atoms with Crippen LogP contribution in [0.25, 0.3) is 11.1 Å². The van der Waals surface area contributed by atoms with Crippen LogP contribution in [0.3, 0.4) is 0 Å². The first-order valence-corrected chi connectivity index (χ1v) is 16.0. The topological polar surface area (TPSA) is 99.1 Å². The monoisotopic (exact) mass is 602 g/mol. The van der Waals surface area contributed by atoms with Gasteiger partial charge in [-0.25, -0.2) is 14.4 Å². The van der Waals surface area contributed by atoms with E-state index in [-0.39, 0.29) is 23.0 Å². The van der Waals surface area contributed by atoms with E-state index in [0.29, 0.717) is 23.3 Å². The highest BCUT2D eigenvalue weighted by Gasteiger charge is 2.18. The van der Waals surface area contributed by atoms with Crippen LogP contribution in [0.5, 0.6) is 11.5 Å². The Labute approximate surface area is 261 Å². The Morgan fingerprint density at radius 1 is 0.682 bits per heavy atom. The quantitative estimate of drug-likeness (QED) is 0.0828. The van der Waals surface area contributed by atoms with Crippen molar-refractivity contribution in [1.29, 1.82) is 0 Å². The van der Waals surface area contributed by atoms with Crippen molar-refractivity contribution in [2.24, 2.45) is 0 Å². The van der Waals surface area contributed by atoms with Gasteiger partial charge in [0.05, 0.1) is 29.4 Å². The maximum absolute atomic E-state index is 12.9. The lowest BCUT2D eigenvalue weighted by Gasteiger charge is -2.13. The van der Waals surface area contributed by atoms with Gasteiger partial charge in [-0.3, -0.25) is 0 Å². The molecule has 0 aliphatic heterocycles. The number of carbonyl (C=O) groups excluding carboxylic acids is 2.